The molecule has 2 atom stereocenters. The van der Waals surface area contributed by atoms with Crippen LogP contribution in [0, 0.1) is 24.2 Å². The Labute approximate surface area is 165 Å². The molecule has 5 heteroatoms. The number of amides is 1. The Hall–Kier alpha value is -2.51. The summed E-state index contributed by atoms with van der Waals surface area (Å²) >= 11 is 6.21. The number of hydrogen-bond acceptors (Lipinski definition) is 3. The van der Waals surface area contributed by atoms with Gasteiger partial charge < -0.3 is 10.2 Å². The summed E-state index contributed by atoms with van der Waals surface area (Å²) in [6, 6.07) is 15.9. The van der Waals surface area contributed by atoms with Crippen LogP contribution in [-0.2, 0) is 4.79 Å². The number of anilines is 1. The molecule has 0 aromatic heterocycles. The average molecular weight is 382 g/mol. The SMILES string of the molecule is Cc1ccccc1C(Nc1ccc(C#N)c(Cl)c1)[C@H]1CC(=O)N(C(C)C)C1. The van der Waals surface area contributed by atoms with Gasteiger partial charge in [-0.05, 0) is 50.1 Å². The molecule has 0 spiro atoms. The van der Waals surface area contributed by atoms with Gasteiger partial charge in [0, 0.05) is 30.6 Å². The van der Waals surface area contributed by atoms with E-state index < -0.39 is 0 Å². The number of benzene rings is 2. The predicted molar refractivity (Wildman–Crippen MR) is 109 cm³/mol. The molecule has 1 saturated heterocycles. The van der Waals surface area contributed by atoms with Crippen LogP contribution in [0.5, 0.6) is 0 Å². The van der Waals surface area contributed by atoms with Gasteiger partial charge in [-0.25, -0.2) is 0 Å². The highest BCUT2D eigenvalue weighted by molar-refractivity contribution is 6.32. The van der Waals surface area contributed by atoms with Gasteiger partial charge in [0.15, 0.2) is 0 Å². The smallest absolute Gasteiger partial charge is 0.223 e. The second kappa shape index (κ2) is 8.02. The van der Waals surface area contributed by atoms with Gasteiger partial charge in [0.05, 0.1) is 16.6 Å². The molecule has 4 nitrogen and oxygen atoms in total. The summed E-state index contributed by atoms with van der Waals surface area (Å²) < 4.78 is 0. The molecule has 1 aliphatic rings. The van der Waals surface area contributed by atoms with Gasteiger partial charge in [0.2, 0.25) is 5.91 Å². The molecule has 0 aliphatic carbocycles. The van der Waals surface area contributed by atoms with E-state index in [-0.39, 0.29) is 23.9 Å². The van der Waals surface area contributed by atoms with Crippen LogP contribution >= 0.6 is 11.6 Å². The molecule has 1 unspecified atom stereocenters. The van der Waals surface area contributed by atoms with Crippen LogP contribution in [0.1, 0.15) is 43.0 Å². The topological polar surface area (TPSA) is 56.1 Å². The second-order valence-electron chi connectivity index (χ2n) is 7.39. The van der Waals surface area contributed by atoms with Gasteiger partial charge in [0.1, 0.15) is 6.07 Å². The van der Waals surface area contributed by atoms with Crippen molar-refractivity contribution in [2.24, 2.45) is 5.92 Å². The molecule has 1 aliphatic heterocycles. The van der Waals surface area contributed by atoms with E-state index in [1.165, 1.54) is 11.1 Å². The third kappa shape index (κ3) is 4.09. The molecule has 2 aromatic carbocycles. The number of aryl methyl sites for hydroxylation is 1. The minimum atomic E-state index is -0.0112. The molecule has 1 heterocycles. The molecule has 0 saturated carbocycles. The van der Waals surface area contributed by atoms with Gasteiger partial charge in [-0.2, -0.15) is 5.26 Å². The Morgan fingerprint density at radius 1 is 1.26 bits per heavy atom. The quantitative estimate of drug-likeness (QED) is 0.798. The molecule has 0 bridgehead atoms. The monoisotopic (exact) mass is 381 g/mol. The van der Waals surface area contributed by atoms with Crippen LogP contribution in [0.2, 0.25) is 5.02 Å². The number of carbonyl (C=O) groups is 1. The average Bonchev–Trinajstić information content (AvgIpc) is 3.02. The number of nitriles is 1. The van der Waals surface area contributed by atoms with Gasteiger partial charge >= 0.3 is 0 Å². The molecule has 27 heavy (non-hydrogen) atoms. The third-order valence-corrected chi connectivity index (χ3v) is 5.53. The first-order chi connectivity index (χ1) is 12.9. The summed E-state index contributed by atoms with van der Waals surface area (Å²) in [6.45, 7) is 6.92. The van der Waals surface area contributed by atoms with Crippen molar-refractivity contribution in [2.45, 2.75) is 39.3 Å². The van der Waals surface area contributed by atoms with E-state index in [0.717, 1.165) is 12.2 Å². The Morgan fingerprint density at radius 3 is 2.59 bits per heavy atom. The van der Waals surface area contributed by atoms with Crippen LogP contribution in [0.15, 0.2) is 42.5 Å². The summed E-state index contributed by atoms with van der Waals surface area (Å²) in [6.07, 6.45) is 0.522. The number of hydrogen-bond donors (Lipinski definition) is 1. The lowest BCUT2D eigenvalue weighted by Gasteiger charge is -2.28. The molecule has 1 N–H and O–H groups in total. The zero-order chi connectivity index (χ0) is 19.6. The molecular formula is C22H24ClN3O. The van der Waals surface area contributed by atoms with E-state index in [0.29, 0.717) is 17.0 Å². The predicted octanol–water partition coefficient (Wildman–Crippen LogP) is 4.93. The minimum absolute atomic E-state index is 0.0112. The third-order valence-electron chi connectivity index (χ3n) is 5.22. The maximum absolute atomic E-state index is 12.5. The van der Waals surface area contributed by atoms with Crippen LogP contribution in [0.4, 0.5) is 5.69 Å². The first kappa shape index (κ1) is 19.3. The standard InChI is InChI=1S/C22H24ClN3O/c1-14(2)26-13-17(10-21(26)27)22(19-7-5-4-6-15(19)3)25-18-9-8-16(12-24)20(23)11-18/h4-9,11,14,17,22,25H,10,13H2,1-3H3/t17-,22?/m0/s1. The molecule has 1 amide bonds. The van der Waals surface area contributed by atoms with Crippen LogP contribution in [-0.4, -0.2) is 23.4 Å². The normalized spacial score (nSPS) is 17.9. The Kier molecular flexibility index (Phi) is 5.72. The fourth-order valence-corrected chi connectivity index (χ4v) is 3.97. The fraction of sp³-hybridized carbons (Fsp3) is 0.364. The van der Waals surface area contributed by atoms with Crippen molar-refractivity contribution in [2.75, 3.05) is 11.9 Å². The summed E-state index contributed by atoms with van der Waals surface area (Å²) in [4.78, 5) is 14.4. The van der Waals surface area contributed by atoms with E-state index in [1.807, 2.05) is 23.1 Å². The number of nitrogens with one attached hydrogen (secondary N) is 1. The van der Waals surface area contributed by atoms with Crippen LogP contribution in [0.3, 0.4) is 0 Å². The number of nitrogens with zero attached hydrogens (tertiary/aromatic N) is 2. The Bertz CT molecular complexity index is 887. The zero-order valence-electron chi connectivity index (χ0n) is 15.9. The first-order valence-electron chi connectivity index (χ1n) is 9.22. The van der Waals surface area contributed by atoms with Crippen molar-refractivity contribution >= 4 is 23.2 Å². The lowest BCUT2D eigenvalue weighted by atomic mass is 9.89. The van der Waals surface area contributed by atoms with Crippen LogP contribution in [0.25, 0.3) is 0 Å². The molecule has 2 aromatic rings. The zero-order valence-corrected chi connectivity index (χ0v) is 16.6. The highest BCUT2D eigenvalue weighted by Crippen LogP contribution is 2.36. The largest absolute Gasteiger partial charge is 0.378 e. The summed E-state index contributed by atoms with van der Waals surface area (Å²) in [7, 11) is 0. The van der Waals surface area contributed by atoms with Crippen molar-refractivity contribution in [3.8, 4) is 6.07 Å². The minimum Gasteiger partial charge on any atom is -0.378 e. The van der Waals surface area contributed by atoms with Crippen molar-refractivity contribution in [3.05, 3.63) is 64.2 Å². The van der Waals surface area contributed by atoms with E-state index >= 15 is 0 Å². The van der Waals surface area contributed by atoms with Crippen molar-refractivity contribution in [1.82, 2.24) is 4.90 Å². The molecule has 3 rings (SSSR count). The lowest BCUT2D eigenvalue weighted by molar-refractivity contribution is -0.129. The Balaban J connectivity index is 1.94. The highest BCUT2D eigenvalue weighted by Gasteiger charge is 2.37. The first-order valence-corrected chi connectivity index (χ1v) is 9.59. The molecule has 0 radical (unpaired) electrons. The van der Waals surface area contributed by atoms with E-state index in [1.54, 1.807) is 12.1 Å². The van der Waals surface area contributed by atoms with Gasteiger partial charge in [-0.15, -0.1) is 0 Å². The lowest BCUT2D eigenvalue weighted by Crippen LogP contribution is -2.33. The summed E-state index contributed by atoms with van der Waals surface area (Å²) in [5, 5.41) is 13.1. The van der Waals surface area contributed by atoms with Gasteiger partial charge in [-0.1, -0.05) is 35.9 Å². The summed E-state index contributed by atoms with van der Waals surface area (Å²) in [5.41, 5.74) is 3.67. The number of carbonyl (C=O) groups excluding carboxylic acids is 1. The van der Waals surface area contributed by atoms with E-state index in [9.17, 15) is 4.79 Å². The molecule has 140 valence electrons. The second-order valence-corrected chi connectivity index (χ2v) is 7.80. The number of likely N-dealkylation sites (tertiary alicyclic amines) is 1. The van der Waals surface area contributed by atoms with E-state index in [2.05, 4.69) is 44.3 Å². The number of halogens is 1. The fourth-order valence-electron chi connectivity index (χ4n) is 3.74. The van der Waals surface area contributed by atoms with Crippen molar-refractivity contribution in [3.63, 3.8) is 0 Å². The summed E-state index contributed by atoms with van der Waals surface area (Å²) in [5.74, 6) is 0.365. The number of rotatable bonds is 5. The molecule has 1 fully saturated rings. The van der Waals surface area contributed by atoms with E-state index in [4.69, 9.17) is 16.9 Å². The van der Waals surface area contributed by atoms with Crippen molar-refractivity contribution < 1.29 is 4.79 Å². The van der Waals surface area contributed by atoms with Gasteiger partial charge in [-0.3, -0.25) is 4.79 Å². The van der Waals surface area contributed by atoms with Gasteiger partial charge in [0.25, 0.3) is 0 Å². The highest BCUT2D eigenvalue weighted by atomic mass is 35.5. The van der Waals surface area contributed by atoms with Crippen molar-refractivity contribution in [1.29, 1.82) is 5.26 Å². The maximum atomic E-state index is 12.5. The molecular weight excluding hydrogens is 358 g/mol. The maximum Gasteiger partial charge on any atom is 0.223 e. The Morgan fingerprint density at radius 2 is 2.00 bits per heavy atom. The van der Waals surface area contributed by atoms with Crippen LogP contribution < -0.4 is 5.32 Å².